The standard InChI is InChI=1S/C30H37F3N2O4/c1-3-18-38-25-13-9-8-12-23(25)24-21-34-26(36)20-28(24)14-16-35(17-15-28)27(37)29(30(31,32)33,39-19-4-2)22-10-6-5-7-11-22/h5-13,24H,3-4,14-21H2,1-2H3,(H,34,36)/t24?,29-/m1/s1. The van der Waals surface area contributed by atoms with Crippen molar-refractivity contribution in [1.82, 2.24) is 10.2 Å². The number of hydrogen-bond acceptors (Lipinski definition) is 4. The van der Waals surface area contributed by atoms with E-state index in [1.807, 2.05) is 31.2 Å². The lowest BCUT2D eigenvalue weighted by atomic mass is 9.62. The van der Waals surface area contributed by atoms with E-state index in [4.69, 9.17) is 9.47 Å². The number of piperidine rings is 2. The molecule has 212 valence electrons. The first kappa shape index (κ1) is 28.9. The molecule has 2 saturated heterocycles. The number of nitrogens with one attached hydrogen (secondary N) is 1. The largest absolute Gasteiger partial charge is 0.493 e. The van der Waals surface area contributed by atoms with E-state index in [1.165, 1.54) is 29.2 Å². The average Bonchev–Trinajstić information content (AvgIpc) is 2.93. The van der Waals surface area contributed by atoms with Gasteiger partial charge in [0, 0.05) is 44.1 Å². The number of alkyl halides is 3. The zero-order valence-electron chi connectivity index (χ0n) is 22.6. The van der Waals surface area contributed by atoms with Crippen molar-refractivity contribution in [2.75, 3.05) is 32.8 Å². The lowest BCUT2D eigenvalue weighted by Gasteiger charge is -2.50. The van der Waals surface area contributed by atoms with E-state index < -0.39 is 23.1 Å². The minimum Gasteiger partial charge on any atom is -0.493 e. The van der Waals surface area contributed by atoms with Gasteiger partial charge in [-0.1, -0.05) is 62.4 Å². The maximum atomic E-state index is 14.8. The molecule has 0 saturated carbocycles. The molecule has 2 heterocycles. The van der Waals surface area contributed by atoms with Gasteiger partial charge >= 0.3 is 6.18 Å². The third-order valence-corrected chi connectivity index (χ3v) is 7.96. The summed E-state index contributed by atoms with van der Waals surface area (Å²) in [6.07, 6.45) is -2.74. The van der Waals surface area contributed by atoms with Gasteiger partial charge in [0.25, 0.3) is 11.5 Å². The molecule has 2 amide bonds. The second-order valence-corrected chi connectivity index (χ2v) is 10.5. The average molecular weight is 547 g/mol. The number of nitrogens with zero attached hydrogens (tertiary/aromatic N) is 1. The minimum atomic E-state index is -4.96. The fourth-order valence-electron chi connectivity index (χ4n) is 5.96. The van der Waals surface area contributed by atoms with Crippen LogP contribution in [0.3, 0.4) is 0 Å². The first-order valence-electron chi connectivity index (χ1n) is 13.7. The maximum Gasteiger partial charge on any atom is 0.430 e. The molecule has 2 aromatic carbocycles. The van der Waals surface area contributed by atoms with Crippen molar-refractivity contribution in [2.45, 2.75) is 63.6 Å². The van der Waals surface area contributed by atoms with Gasteiger partial charge in [-0.15, -0.1) is 0 Å². The maximum absolute atomic E-state index is 14.8. The molecular weight excluding hydrogens is 509 g/mol. The summed E-state index contributed by atoms with van der Waals surface area (Å²) in [4.78, 5) is 27.7. The number of halogens is 3. The third kappa shape index (κ3) is 5.64. The number of carbonyl (C=O) groups is 2. The van der Waals surface area contributed by atoms with Crippen LogP contribution in [0.4, 0.5) is 13.2 Å². The van der Waals surface area contributed by atoms with E-state index in [9.17, 15) is 22.8 Å². The second-order valence-electron chi connectivity index (χ2n) is 10.5. The molecule has 0 aliphatic carbocycles. The van der Waals surface area contributed by atoms with Crippen molar-refractivity contribution in [1.29, 1.82) is 0 Å². The van der Waals surface area contributed by atoms with Gasteiger partial charge in [-0.25, -0.2) is 0 Å². The molecule has 9 heteroatoms. The molecule has 2 fully saturated rings. The number of hydrogen-bond donors (Lipinski definition) is 1. The highest BCUT2D eigenvalue weighted by Gasteiger charge is 2.64. The van der Waals surface area contributed by atoms with Crippen LogP contribution in [-0.2, 0) is 19.9 Å². The summed E-state index contributed by atoms with van der Waals surface area (Å²) in [5.74, 6) is -0.518. The van der Waals surface area contributed by atoms with Crippen molar-refractivity contribution in [3.63, 3.8) is 0 Å². The van der Waals surface area contributed by atoms with Gasteiger partial charge in [0.2, 0.25) is 5.91 Å². The molecule has 1 unspecified atom stereocenters. The van der Waals surface area contributed by atoms with E-state index in [1.54, 1.807) is 13.0 Å². The molecule has 0 radical (unpaired) electrons. The van der Waals surface area contributed by atoms with Gasteiger partial charge in [-0.3, -0.25) is 9.59 Å². The number of amides is 2. The smallest absolute Gasteiger partial charge is 0.430 e. The van der Waals surface area contributed by atoms with Gasteiger partial charge in [0.15, 0.2) is 0 Å². The summed E-state index contributed by atoms with van der Waals surface area (Å²) in [5.41, 5.74) is -2.83. The third-order valence-electron chi connectivity index (χ3n) is 7.96. The Balaban J connectivity index is 1.64. The molecular formula is C30H37F3N2O4. The number of benzene rings is 2. The van der Waals surface area contributed by atoms with E-state index in [0.29, 0.717) is 32.4 Å². The number of para-hydroxylation sites is 1. The predicted molar refractivity (Wildman–Crippen MR) is 141 cm³/mol. The Hall–Kier alpha value is -3.07. The fourth-order valence-corrected chi connectivity index (χ4v) is 5.96. The van der Waals surface area contributed by atoms with Crippen LogP contribution in [0.5, 0.6) is 5.75 Å². The van der Waals surface area contributed by atoms with E-state index in [0.717, 1.165) is 17.7 Å². The van der Waals surface area contributed by atoms with Crippen LogP contribution in [-0.4, -0.2) is 55.7 Å². The lowest BCUT2D eigenvalue weighted by Crippen LogP contribution is -2.60. The van der Waals surface area contributed by atoms with Gasteiger partial charge in [-0.2, -0.15) is 13.2 Å². The van der Waals surface area contributed by atoms with E-state index in [-0.39, 0.29) is 43.5 Å². The molecule has 0 aromatic heterocycles. The van der Waals surface area contributed by atoms with E-state index >= 15 is 0 Å². The molecule has 39 heavy (non-hydrogen) atoms. The normalized spacial score (nSPS) is 20.8. The zero-order valence-corrected chi connectivity index (χ0v) is 22.6. The molecule has 6 nitrogen and oxygen atoms in total. The summed E-state index contributed by atoms with van der Waals surface area (Å²) >= 11 is 0. The first-order valence-corrected chi connectivity index (χ1v) is 13.7. The highest BCUT2D eigenvalue weighted by molar-refractivity contribution is 5.88. The summed E-state index contributed by atoms with van der Waals surface area (Å²) in [6.45, 7) is 4.68. The molecule has 1 N–H and O–H groups in total. The quantitative estimate of drug-likeness (QED) is 0.447. The lowest BCUT2D eigenvalue weighted by molar-refractivity contribution is -0.278. The SMILES string of the molecule is CCCOc1ccccc1C1CNC(=O)CC12CCN(C(=O)[C@](OCCC)(c1ccccc1)C(F)(F)F)CC2. The van der Waals surface area contributed by atoms with Crippen LogP contribution in [0.1, 0.15) is 63.0 Å². The van der Waals surface area contributed by atoms with Gasteiger partial charge in [-0.05, 0) is 42.7 Å². The molecule has 4 rings (SSSR count). The van der Waals surface area contributed by atoms with Crippen LogP contribution in [0, 0.1) is 5.41 Å². The Labute approximate surface area is 227 Å². The predicted octanol–water partition coefficient (Wildman–Crippen LogP) is 5.57. The number of ether oxygens (including phenoxy) is 2. The Bertz CT molecular complexity index is 1130. The van der Waals surface area contributed by atoms with E-state index in [2.05, 4.69) is 5.32 Å². The number of rotatable bonds is 9. The number of carbonyl (C=O) groups excluding carboxylic acids is 2. The van der Waals surface area contributed by atoms with Gasteiger partial charge in [0.1, 0.15) is 5.75 Å². The summed E-state index contributed by atoms with van der Waals surface area (Å²) in [6, 6.07) is 14.9. The highest BCUT2D eigenvalue weighted by atomic mass is 19.4. The summed E-state index contributed by atoms with van der Waals surface area (Å²) in [5, 5.41) is 2.96. The van der Waals surface area contributed by atoms with Gasteiger partial charge in [0.05, 0.1) is 6.61 Å². The molecule has 2 atom stereocenters. The molecule has 2 aliphatic heterocycles. The highest BCUT2D eigenvalue weighted by Crippen LogP contribution is 2.52. The summed E-state index contributed by atoms with van der Waals surface area (Å²) < 4.78 is 55.8. The van der Waals surface area contributed by atoms with Crippen LogP contribution in [0.25, 0.3) is 0 Å². The topological polar surface area (TPSA) is 67.9 Å². The summed E-state index contributed by atoms with van der Waals surface area (Å²) in [7, 11) is 0. The zero-order chi connectivity index (χ0) is 28.1. The second kappa shape index (κ2) is 12.0. The van der Waals surface area contributed by atoms with Gasteiger partial charge < -0.3 is 19.7 Å². The molecule has 2 aliphatic rings. The monoisotopic (exact) mass is 546 g/mol. The fraction of sp³-hybridized carbons (Fsp3) is 0.533. The molecule has 2 aromatic rings. The minimum absolute atomic E-state index is 0.0849. The van der Waals surface area contributed by atoms with Crippen LogP contribution < -0.4 is 10.1 Å². The van der Waals surface area contributed by atoms with Crippen molar-refractivity contribution < 1.29 is 32.2 Å². The van der Waals surface area contributed by atoms with Crippen molar-refractivity contribution in [2.24, 2.45) is 5.41 Å². The Morgan fingerprint density at radius 1 is 1.00 bits per heavy atom. The van der Waals surface area contributed by atoms with Crippen LogP contribution in [0.2, 0.25) is 0 Å². The van der Waals surface area contributed by atoms with Crippen molar-refractivity contribution >= 4 is 11.8 Å². The Kier molecular flexibility index (Phi) is 8.89. The van der Waals surface area contributed by atoms with Crippen molar-refractivity contribution in [3.05, 3.63) is 65.7 Å². The molecule has 0 bridgehead atoms. The number of likely N-dealkylation sites (tertiary alicyclic amines) is 1. The Morgan fingerprint density at radius 3 is 2.28 bits per heavy atom. The molecule has 1 spiro atoms. The first-order chi connectivity index (χ1) is 18.7. The van der Waals surface area contributed by atoms with Crippen LogP contribution >= 0.6 is 0 Å². The van der Waals surface area contributed by atoms with Crippen molar-refractivity contribution in [3.8, 4) is 5.75 Å². The Morgan fingerprint density at radius 2 is 1.64 bits per heavy atom. The van der Waals surface area contributed by atoms with Crippen LogP contribution in [0.15, 0.2) is 54.6 Å².